The molecule has 1 aromatic heterocycles. The Kier molecular flexibility index (Phi) is 7.56. The smallest absolute Gasteiger partial charge is 0.365 e. The average Bonchev–Trinajstić information content (AvgIpc) is 2.98. The van der Waals surface area contributed by atoms with Crippen molar-refractivity contribution in [2.45, 2.75) is 16.6 Å². The first-order valence-corrected chi connectivity index (χ1v) is 10.0. The molecule has 0 aliphatic heterocycles. The summed E-state index contributed by atoms with van der Waals surface area (Å²) in [6.45, 7) is -0.259. The van der Waals surface area contributed by atoms with E-state index in [4.69, 9.17) is 40.5 Å². The van der Waals surface area contributed by atoms with E-state index in [1.54, 1.807) is 0 Å². The number of aromatic nitrogens is 2. The molecule has 1 unspecified atom stereocenters. The Morgan fingerprint density at radius 2 is 1.74 bits per heavy atom. The van der Waals surface area contributed by atoms with Crippen molar-refractivity contribution in [1.29, 1.82) is 0 Å². The van der Waals surface area contributed by atoms with Crippen molar-refractivity contribution in [1.82, 2.24) is 9.78 Å². The zero-order valence-corrected chi connectivity index (χ0v) is 17.7. The number of alkyl halides is 6. The van der Waals surface area contributed by atoms with Crippen LogP contribution in [0, 0.1) is 0 Å². The van der Waals surface area contributed by atoms with Gasteiger partial charge in [-0.2, -0.15) is 31.4 Å². The van der Waals surface area contributed by atoms with Crippen molar-refractivity contribution in [3.05, 3.63) is 45.0 Å². The van der Waals surface area contributed by atoms with E-state index in [0.717, 1.165) is 5.54 Å². The Morgan fingerprint density at radius 1 is 1.19 bits per heavy atom. The molecule has 0 aliphatic carbocycles. The average molecular weight is 530 g/mol. The fraction of sp³-hybridized carbons (Fsp3) is 0.200. The van der Waals surface area contributed by atoms with E-state index in [1.807, 2.05) is 0 Å². The maximum Gasteiger partial charge on any atom is 0.476 e. The second-order valence-corrected chi connectivity index (χ2v) is 8.02. The Morgan fingerprint density at radius 3 is 2.16 bits per heavy atom. The molecule has 1 heterocycles. The molecule has 0 saturated carbocycles. The van der Waals surface area contributed by atoms with Crippen LogP contribution < -0.4 is 11.1 Å². The number of nitrogens with zero attached hydrogens (tertiary/aromatic N) is 2. The first-order valence-electron chi connectivity index (χ1n) is 7.67. The molecule has 0 aliphatic rings. The van der Waals surface area contributed by atoms with Crippen LogP contribution >= 0.6 is 34.8 Å². The van der Waals surface area contributed by atoms with Gasteiger partial charge < -0.3 is 11.1 Å². The van der Waals surface area contributed by atoms with Gasteiger partial charge in [0.05, 0.1) is 15.6 Å². The second kappa shape index (κ2) is 9.27. The topological polar surface area (TPSA) is 90.0 Å². The number of rotatable bonds is 6. The summed E-state index contributed by atoms with van der Waals surface area (Å²) in [4.78, 5) is 10.5. The van der Waals surface area contributed by atoms with Gasteiger partial charge in [-0.3, -0.25) is 4.79 Å². The van der Waals surface area contributed by atoms with Crippen LogP contribution in [0.1, 0.15) is 16.1 Å². The van der Waals surface area contributed by atoms with Gasteiger partial charge in [0.1, 0.15) is 16.4 Å². The largest absolute Gasteiger partial charge is 0.476 e. The van der Waals surface area contributed by atoms with Gasteiger partial charge in [0.2, 0.25) is 0 Å². The van der Waals surface area contributed by atoms with Crippen molar-refractivity contribution in [3.63, 3.8) is 0 Å². The molecular formula is C15H9Cl3F6N4O2S. The zero-order chi connectivity index (χ0) is 23.7. The predicted molar refractivity (Wildman–Crippen MR) is 103 cm³/mol. The lowest BCUT2D eigenvalue weighted by Gasteiger charge is -2.15. The molecule has 0 bridgehead atoms. The summed E-state index contributed by atoms with van der Waals surface area (Å²) in [7, 11) is -3.80. The molecule has 1 atom stereocenters. The fourth-order valence-corrected chi connectivity index (χ4v) is 3.92. The van der Waals surface area contributed by atoms with E-state index < -0.39 is 66.1 Å². The highest BCUT2D eigenvalue weighted by molar-refractivity contribution is 7.86. The minimum absolute atomic E-state index is 0.259. The Labute approximate surface area is 187 Å². The Balaban J connectivity index is 2.87. The lowest BCUT2D eigenvalue weighted by molar-refractivity contribution is -0.137. The van der Waals surface area contributed by atoms with E-state index in [0.29, 0.717) is 16.8 Å². The molecule has 1 amide bonds. The monoisotopic (exact) mass is 528 g/mol. The summed E-state index contributed by atoms with van der Waals surface area (Å²) in [6.07, 6.45) is -3.61. The van der Waals surface area contributed by atoms with Gasteiger partial charge in [0.15, 0.2) is 16.5 Å². The van der Waals surface area contributed by atoms with Gasteiger partial charge in [0.25, 0.3) is 5.91 Å². The third-order valence-electron chi connectivity index (χ3n) is 3.50. The number of carbonyl (C=O) groups is 1. The van der Waals surface area contributed by atoms with E-state index in [1.165, 1.54) is 6.08 Å². The molecule has 0 spiro atoms. The predicted octanol–water partition coefficient (Wildman–Crippen LogP) is 5.09. The maximum atomic E-state index is 13.2. The minimum atomic E-state index is -5.33. The summed E-state index contributed by atoms with van der Waals surface area (Å²) in [6, 6.07) is 0.911. The number of carbonyl (C=O) groups excluding carboxylic acids is 1. The summed E-state index contributed by atoms with van der Waals surface area (Å²) < 4.78 is 91.0. The van der Waals surface area contributed by atoms with Gasteiger partial charge >= 0.3 is 11.7 Å². The van der Waals surface area contributed by atoms with Crippen LogP contribution in [0.25, 0.3) is 5.69 Å². The number of anilines is 1. The fourth-order valence-electron chi connectivity index (χ4n) is 2.30. The molecule has 1 aromatic carbocycles. The van der Waals surface area contributed by atoms with Crippen molar-refractivity contribution in [3.8, 4) is 5.69 Å². The number of hydrogen-bond acceptors (Lipinski definition) is 4. The molecule has 0 radical (unpaired) electrons. The molecule has 0 fully saturated rings. The normalized spacial score (nSPS) is 13.6. The number of nitrogens with two attached hydrogens (primary N) is 1. The minimum Gasteiger partial charge on any atom is -0.365 e. The molecular weight excluding hydrogens is 521 g/mol. The first-order chi connectivity index (χ1) is 14.2. The standard InChI is InChI=1S/C15H9Cl3F6N4O2S/c16-2-1-3-26-13-11(31(30)15(22,23)24)9(12(25)29)27-28(13)10-7(17)4-6(5-8(10)18)14(19,20)21/h1-2,4-5,26H,3H2,(H2,25,29)/b2-1+. The van der Waals surface area contributed by atoms with Crippen LogP contribution in [0.3, 0.4) is 0 Å². The SMILES string of the molecule is NC(=O)c1nn(-c2c(Cl)cc(C(F)(F)F)cc2Cl)c(NC/C=C/Cl)c1S(=O)C(F)(F)F. The van der Waals surface area contributed by atoms with E-state index >= 15 is 0 Å². The highest BCUT2D eigenvalue weighted by Crippen LogP contribution is 2.41. The van der Waals surface area contributed by atoms with Crippen molar-refractivity contribution < 1.29 is 35.3 Å². The summed E-state index contributed by atoms with van der Waals surface area (Å²) in [5.74, 6) is -2.18. The summed E-state index contributed by atoms with van der Waals surface area (Å²) in [5, 5.41) is 4.65. The van der Waals surface area contributed by atoms with Gasteiger partial charge in [-0.05, 0) is 12.1 Å². The van der Waals surface area contributed by atoms with Crippen LogP contribution in [0.15, 0.2) is 28.6 Å². The number of primary amides is 1. The molecule has 2 aromatic rings. The van der Waals surface area contributed by atoms with Crippen molar-refractivity contribution >= 4 is 57.3 Å². The number of halogens is 9. The highest BCUT2D eigenvalue weighted by atomic mass is 35.5. The van der Waals surface area contributed by atoms with Crippen LogP contribution in [0.5, 0.6) is 0 Å². The van der Waals surface area contributed by atoms with Crippen molar-refractivity contribution in [2.24, 2.45) is 5.73 Å². The summed E-state index contributed by atoms with van der Waals surface area (Å²) in [5.41, 5.74) is -2.06. The molecule has 31 heavy (non-hydrogen) atoms. The van der Waals surface area contributed by atoms with Gasteiger partial charge in [-0.25, -0.2) is 8.89 Å². The number of benzene rings is 1. The maximum absolute atomic E-state index is 13.2. The van der Waals surface area contributed by atoms with Crippen LogP contribution in [-0.4, -0.2) is 31.9 Å². The zero-order valence-electron chi connectivity index (χ0n) is 14.6. The van der Waals surface area contributed by atoms with E-state index in [9.17, 15) is 35.3 Å². The van der Waals surface area contributed by atoms with E-state index in [-0.39, 0.29) is 6.54 Å². The van der Waals surface area contributed by atoms with Crippen LogP contribution in [0.2, 0.25) is 10.0 Å². The Bertz CT molecular complexity index is 1050. The third-order valence-corrected chi connectivity index (χ3v) is 5.44. The number of nitrogens with one attached hydrogen (secondary N) is 1. The molecule has 6 nitrogen and oxygen atoms in total. The first kappa shape index (κ1) is 25.3. The van der Waals surface area contributed by atoms with E-state index in [2.05, 4.69) is 10.4 Å². The lowest BCUT2D eigenvalue weighted by atomic mass is 10.2. The molecule has 3 N–H and O–H groups in total. The molecule has 0 saturated heterocycles. The second-order valence-electron chi connectivity index (χ2n) is 5.55. The third kappa shape index (κ3) is 5.45. The number of amides is 1. The number of hydrogen-bond donors (Lipinski definition) is 2. The van der Waals surface area contributed by atoms with Gasteiger partial charge in [-0.15, -0.1) is 0 Å². The van der Waals surface area contributed by atoms with Gasteiger partial charge in [-0.1, -0.05) is 40.9 Å². The summed E-state index contributed by atoms with van der Waals surface area (Å²) >= 11 is 17.2. The van der Waals surface area contributed by atoms with Crippen molar-refractivity contribution in [2.75, 3.05) is 11.9 Å². The Hall–Kier alpha value is -1.96. The van der Waals surface area contributed by atoms with Gasteiger partial charge in [0, 0.05) is 12.1 Å². The molecule has 2 rings (SSSR count). The van der Waals surface area contributed by atoms with Crippen LogP contribution in [-0.2, 0) is 17.0 Å². The molecule has 16 heteroatoms. The highest BCUT2D eigenvalue weighted by Gasteiger charge is 2.44. The lowest BCUT2D eigenvalue weighted by Crippen LogP contribution is -2.21. The van der Waals surface area contributed by atoms with Crippen LogP contribution in [0.4, 0.5) is 32.2 Å². The molecule has 170 valence electrons. The quantitative estimate of drug-likeness (QED) is 0.510.